The first-order chi connectivity index (χ1) is 10.3. The second-order valence-electron chi connectivity index (χ2n) is 4.23. The van der Waals surface area contributed by atoms with Crippen LogP contribution < -0.4 is 9.44 Å². The maximum Gasteiger partial charge on any atom is 0.402 e. The molecule has 0 saturated heterocycles. The molecule has 1 aromatic carbocycles. The molecule has 0 aliphatic carbocycles. The normalized spacial score (nSPS) is 12.5. The summed E-state index contributed by atoms with van der Waals surface area (Å²) >= 11 is 0. The van der Waals surface area contributed by atoms with E-state index in [1.165, 1.54) is 22.1 Å². The summed E-state index contributed by atoms with van der Waals surface area (Å²) in [6.07, 6.45) is -1.88. The molecule has 1 aromatic heterocycles. The van der Waals surface area contributed by atoms with E-state index >= 15 is 0 Å². The Morgan fingerprint density at radius 3 is 2.55 bits per heavy atom. The van der Waals surface area contributed by atoms with Gasteiger partial charge in [-0.3, -0.25) is 0 Å². The van der Waals surface area contributed by atoms with Crippen LogP contribution in [0.5, 0.6) is 0 Å². The molecule has 11 heteroatoms. The standard InChI is InChI=1S/C11H12F3N5O2S/c12-11(13,14)6-18-22(20,21)17-5-9-3-1-2-4-10(9)19-8-15-7-16-19/h1-4,7-8,17-18H,5-6H2. The van der Waals surface area contributed by atoms with Gasteiger partial charge in [-0.1, -0.05) is 18.2 Å². The highest BCUT2D eigenvalue weighted by Gasteiger charge is 2.29. The zero-order chi connectivity index (χ0) is 16.2. The van der Waals surface area contributed by atoms with E-state index in [1.807, 2.05) is 4.72 Å². The quantitative estimate of drug-likeness (QED) is 0.815. The van der Waals surface area contributed by atoms with Crippen molar-refractivity contribution in [3.63, 3.8) is 0 Å². The van der Waals surface area contributed by atoms with Crippen LogP contribution in [0.25, 0.3) is 5.69 Å². The summed E-state index contributed by atoms with van der Waals surface area (Å²) in [7, 11) is -4.26. The first-order valence-corrected chi connectivity index (χ1v) is 7.49. The van der Waals surface area contributed by atoms with Crippen molar-refractivity contribution < 1.29 is 21.6 Å². The van der Waals surface area contributed by atoms with Gasteiger partial charge in [0.1, 0.15) is 19.2 Å². The van der Waals surface area contributed by atoms with E-state index in [2.05, 4.69) is 10.1 Å². The SMILES string of the molecule is O=S(=O)(NCc1ccccc1-n1cncn1)NCC(F)(F)F. The summed E-state index contributed by atoms with van der Waals surface area (Å²) in [6.45, 7) is -1.82. The molecule has 0 unspecified atom stereocenters. The third-order valence-electron chi connectivity index (χ3n) is 2.57. The molecule has 7 nitrogen and oxygen atoms in total. The van der Waals surface area contributed by atoms with Gasteiger partial charge in [0, 0.05) is 6.54 Å². The van der Waals surface area contributed by atoms with Crippen molar-refractivity contribution in [1.29, 1.82) is 0 Å². The molecule has 1 heterocycles. The first kappa shape index (κ1) is 16.4. The number of aromatic nitrogens is 3. The maximum absolute atomic E-state index is 12.0. The van der Waals surface area contributed by atoms with Gasteiger partial charge in [-0.15, -0.1) is 0 Å². The predicted octanol–water partition coefficient (Wildman–Crippen LogP) is 0.754. The second kappa shape index (κ2) is 6.42. The van der Waals surface area contributed by atoms with Gasteiger partial charge in [0.15, 0.2) is 0 Å². The van der Waals surface area contributed by atoms with E-state index in [-0.39, 0.29) is 6.54 Å². The van der Waals surface area contributed by atoms with Crippen LogP contribution in [0.1, 0.15) is 5.56 Å². The second-order valence-corrected chi connectivity index (χ2v) is 5.81. The van der Waals surface area contributed by atoms with E-state index in [1.54, 1.807) is 24.3 Å². The third kappa shape index (κ3) is 4.79. The lowest BCUT2D eigenvalue weighted by Crippen LogP contribution is -2.41. The summed E-state index contributed by atoms with van der Waals surface area (Å²) in [5, 5.41) is 3.92. The molecule has 2 N–H and O–H groups in total. The van der Waals surface area contributed by atoms with E-state index in [4.69, 9.17) is 0 Å². The Hall–Kier alpha value is -1.98. The highest BCUT2D eigenvalue weighted by molar-refractivity contribution is 7.87. The van der Waals surface area contributed by atoms with Gasteiger partial charge in [-0.25, -0.2) is 9.67 Å². The molecule has 0 saturated carbocycles. The molecule has 2 rings (SSSR count). The highest BCUT2D eigenvalue weighted by Crippen LogP contribution is 2.14. The van der Waals surface area contributed by atoms with Gasteiger partial charge in [0.25, 0.3) is 10.2 Å². The molecular formula is C11H12F3N5O2S. The lowest BCUT2D eigenvalue weighted by molar-refractivity contribution is -0.121. The number of para-hydroxylation sites is 1. The van der Waals surface area contributed by atoms with Crippen molar-refractivity contribution in [3.8, 4) is 5.69 Å². The minimum atomic E-state index is -4.62. The number of hydrogen-bond donors (Lipinski definition) is 2. The van der Waals surface area contributed by atoms with Crippen LogP contribution in [0.2, 0.25) is 0 Å². The van der Waals surface area contributed by atoms with Gasteiger partial charge in [0.2, 0.25) is 0 Å². The molecule has 0 bridgehead atoms. The number of nitrogens with zero attached hydrogens (tertiary/aromatic N) is 3. The largest absolute Gasteiger partial charge is 0.402 e. The van der Waals surface area contributed by atoms with Gasteiger partial charge < -0.3 is 0 Å². The van der Waals surface area contributed by atoms with Gasteiger partial charge >= 0.3 is 6.18 Å². The minimum absolute atomic E-state index is 0.191. The molecule has 2 aromatic rings. The van der Waals surface area contributed by atoms with E-state index in [0.717, 1.165) is 0 Å². The number of rotatable bonds is 6. The summed E-state index contributed by atoms with van der Waals surface area (Å²) in [6, 6.07) is 6.70. The minimum Gasteiger partial charge on any atom is -0.223 e. The average molecular weight is 335 g/mol. The van der Waals surface area contributed by atoms with E-state index in [0.29, 0.717) is 11.3 Å². The average Bonchev–Trinajstić information content (AvgIpc) is 2.97. The smallest absolute Gasteiger partial charge is 0.223 e. The zero-order valence-electron chi connectivity index (χ0n) is 11.1. The summed E-state index contributed by atoms with van der Waals surface area (Å²) < 4.78 is 64.0. The number of halogens is 3. The molecule has 0 atom stereocenters. The Kier molecular flexibility index (Phi) is 4.78. The van der Waals surface area contributed by atoms with Crippen molar-refractivity contribution >= 4 is 10.2 Å². The van der Waals surface area contributed by atoms with Crippen LogP contribution in [-0.2, 0) is 16.8 Å². The number of benzene rings is 1. The molecular weight excluding hydrogens is 323 g/mol. The maximum atomic E-state index is 12.0. The fourth-order valence-corrected chi connectivity index (χ4v) is 2.42. The first-order valence-electron chi connectivity index (χ1n) is 6.01. The molecule has 0 radical (unpaired) electrons. The molecule has 0 fully saturated rings. The van der Waals surface area contributed by atoms with Crippen molar-refractivity contribution in [3.05, 3.63) is 42.5 Å². The lowest BCUT2D eigenvalue weighted by atomic mass is 10.2. The highest BCUT2D eigenvalue weighted by atomic mass is 32.2. The van der Waals surface area contributed by atoms with Gasteiger partial charge in [-0.05, 0) is 11.6 Å². The van der Waals surface area contributed by atoms with E-state index < -0.39 is 22.9 Å². The van der Waals surface area contributed by atoms with E-state index in [9.17, 15) is 21.6 Å². The van der Waals surface area contributed by atoms with Crippen LogP contribution in [0, 0.1) is 0 Å². The summed E-state index contributed by atoms with van der Waals surface area (Å²) in [5.74, 6) is 0. The van der Waals surface area contributed by atoms with Crippen LogP contribution in [-0.4, -0.2) is 35.9 Å². The van der Waals surface area contributed by atoms with Crippen LogP contribution in [0.4, 0.5) is 13.2 Å². The Morgan fingerprint density at radius 1 is 1.18 bits per heavy atom. The number of alkyl halides is 3. The fourth-order valence-electron chi connectivity index (χ4n) is 1.62. The fraction of sp³-hybridized carbons (Fsp3) is 0.273. The van der Waals surface area contributed by atoms with Crippen molar-refractivity contribution in [1.82, 2.24) is 24.2 Å². The van der Waals surface area contributed by atoms with Gasteiger partial charge in [0.05, 0.1) is 5.69 Å². The third-order valence-corrected chi connectivity index (χ3v) is 3.62. The Morgan fingerprint density at radius 2 is 1.91 bits per heavy atom. The molecule has 0 aliphatic heterocycles. The molecule has 0 spiro atoms. The topological polar surface area (TPSA) is 88.9 Å². The summed E-state index contributed by atoms with van der Waals surface area (Å²) in [4.78, 5) is 3.78. The molecule has 0 amide bonds. The van der Waals surface area contributed by atoms with Crippen LogP contribution >= 0.6 is 0 Å². The molecule has 120 valence electrons. The Balaban J connectivity index is 2.06. The lowest BCUT2D eigenvalue weighted by Gasteiger charge is -2.12. The Bertz CT molecular complexity index is 716. The molecule has 0 aliphatic rings. The Labute approximate surface area is 124 Å². The number of nitrogens with one attached hydrogen (secondary N) is 2. The van der Waals surface area contributed by atoms with Crippen molar-refractivity contribution in [2.75, 3.05) is 6.54 Å². The summed E-state index contributed by atoms with van der Waals surface area (Å²) in [5.41, 5.74) is 1.10. The molecule has 22 heavy (non-hydrogen) atoms. The van der Waals surface area contributed by atoms with Crippen molar-refractivity contribution in [2.24, 2.45) is 0 Å². The van der Waals surface area contributed by atoms with Crippen molar-refractivity contribution in [2.45, 2.75) is 12.7 Å². The number of hydrogen-bond acceptors (Lipinski definition) is 4. The predicted molar refractivity (Wildman–Crippen MR) is 71.2 cm³/mol. The van der Waals surface area contributed by atoms with Crippen LogP contribution in [0.15, 0.2) is 36.9 Å². The van der Waals surface area contributed by atoms with Gasteiger partial charge in [-0.2, -0.15) is 36.1 Å². The van der Waals surface area contributed by atoms with Crippen LogP contribution in [0.3, 0.4) is 0 Å². The monoisotopic (exact) mass is 335 g/mol. The zero-order valence-corrected chi connectivity index (χ0v) is 11.9.